The van der Waals surface area contributed by atoms with Gasteiger partial charge in [-0.05, 0) is 25.7 Å². The third-order valence-corrected chi connectivity index (χ3v) is 2.20. The first-order chi connectivity index (χ1) is 7.99. The number of carbonyl (C=O) groups is 2. The number of aliphatic hydroxyl groups excluding tert-OH is 1. The Hall–Kier alpha value is -1.18. The molecule has 0 rings (SSSR count). The van der Waals surface area contributed by atoms with E-state index in [4.69, 9.17) is 26.4 Å². The summed E-state index contributed by atoms with van der Waals surface area (Å²) in [6.07, 6.45) is 1.44. The quantitative estimate of drug-likeness (QED) is 0.298. The van der Waals surface area contributed by atoms with Crippen molar-refractivity contribution in [2.24, 2.45) is 11.5 Å². The number of hydrogen-bond donors (Lipinski definition) is 4. The molecule has 0 spiro atoms. The molecule has 0 bridgehead atoms. The standard InChI is InChI=1S/C10H20N2O5/c11-7(9(14)15)4-2-6-17-10(16)8(12)3-1-5-13/h7-8,13H,1-6,11-12H2,(H,14,15)/t7-,8-/m0/s1. The van der Waals surface area contributed by atoms with E-state index in [2.05, 4.69) is 0 Å². The first-order valence-corrected chi connectivity index (χ1v) is 5.50. The van der Waals surface area contributed by atoms with Gasteiger partial charge in [0.1, 0.15) is 12.1 Å². The van der Waals surface area contributed by atoms with Crippen LogP contribution in [-0.2, 0) is 14.3 Å². The van der Waals surface area contributed by atoms with Gasteiger partial charge in [0.25, 0.3) is 0 Å². The van der Waals surface area contributed by atoms with E-state index in [-0.39, 0.29) is 19.6 Å². The van der Waals surface area contributed by atoms with Gasteiger partial charge in [-0.2, -0.15) is 0 Å². The van der Waals surface area contributed by atoms with Crippen molar-refractivity contribution in [2.45, 2.75) is 37.8 Å². The first kappa shape index (κ1) is 15.8. The molecule has 0 amide bonds. The summed E-state index contributed by atoms with van der Waals surface area (Å²) in [4.78, 5) is 21.6. The lowest BCUT2D eigenvalue weighted by atomic mass is 10.1. The van der Waals surface area contributed by atoms with E-state index >= 15 is 0 Å². The highest BCUT2D eigenvalue weighted by atomic mass is 16.5. The molecule has 0 aliphatic heterocycles. The van der Waals surface area contributed by atoms with Gasteiger partial charge in [-0.15, -0.1) is 0 Å². The van der Waals surface area contributed by atoms with Gasteiger partial charge in [-0.1, -0.05) is 0 Å². The number of carbonyl (C=O) groups excluding carboxylic acids is 1. The lowest BCUT2D eigenvalue weighted by Gasteiger charge is -2.11. The Kier molecular flexibility index (Phi) is 8.29. The number of carboxylic acids is 1. The predicted molar refractivity (Wildman–Crippen MR) is 60.1 cm³/mol. The molecule has 0 aliphatic carbocycles. The molecule has 0 heterocycles. The van der Waals surface area contributed by atoms with Crippen LogP contribution in [0.2, 0.25) is 0 Å². The molecule has 0 aromatic rings. The van der Waals surface area contributed by atoms with E-state index < -0.39 is 24.0 Å². The minimum atomic E-state index is -1.07. The van der Waals surface area contributed by atoms with Gasteiger partial charge < -0.3 is 26.4 Å². The van der Waals surface area contributed by atoms with Crippen LogP contribution < -0.4 is 11.5 Å². The Morgan fingerprint density at radius 3 is 2.24 bits per heavy atom. The van der Waals surface area contributed by atoms with Crippen molar-refractivity contribution >= 4 is 11.9 Å². The molecule has 17 heavy (non-hydrogen) atoms. The summed E-state index contributed by atoms with van der Waals surface area (Å²) in [7, 11) is 0. The second-order valence-corrected chi connectivity index (χ2v) is 3.73. The monoisotopic (exact) mass is 248 g/mol. The Balaban J connectivity index is 3.60. The molecule has 0 radical (unpaired) electrons. The zero-order valence-corrected chi connectivity index (χ0v) is 9.67. The maximum Gasteiger partial charge on any atom is 0.322 e. The summed E-state index contributed by atoms with van der Waals surface area (Å²) >= 11 is 0. The van der Waals surface area contributed by atoms with Crippen LogP contribution in [0.4, 0.5) is 0 Å². The molecule has 0 fully saturated rings. The van der Waals surface area contributed by atoms with Gasteiger partial charge in [0, 0.05) is 6.61 Å². The van der Waals surface area contributed by atoms with Crippen molar-refractivity contribution in [3.05, 3.63) is 0 Å². The highest BCUT2D eigenvalue weighted by molar-refractivity contribution is 5.75. The predicted octanol–water partition coefficient (Wildman–Crippen LogP) is -1.18. The Bertz CT molecular complexity index is 247. The SMILES string of the molecule is N[C@@H](CCCOC(=O)[C@@H](N)CCCO)C(=O)O. The van der Waals surface area contributed by atoms with E-state index in [1.165, 1.54) is 0 Å². The molecule has 0 aromatic heterocycles. The molecule has 0 saturated heterocycles. The number of nitrogens with two attached hydrogens (primary N) is 2. The number of ether oxygens (including phenoxy) is 1. The summed E-state index contributed by atoms with van der Waals surface area (Å²) in [5.74, 6) is -1.61. The molecule has 2 atom stereocenters. The van der Waals surface area contributed by atoms with Gasteiger partial charge in [-0.25, -0.2) is 0 Å². The van der Waals surface area contributed by atoms with Gasteiger partial charge in [0.2, 0.25) is 0 Å². The molecule has 0 unspecified atom stereocenters. The third-order valence-electron chi connectivity index (χ3n) is 2.20. The van der Waals surface area contributed by atoms with E-state index in [9.17, 15) is 9.59 Å². The maximum atomic E-state index is 11.3. The van der Waals surface area contributed by atoms with E-state index in [0.29, 0.717) is 19.3 Å². The van der Waals surface area contributed by atoms with Crippen LogP contribution in [0.3, 0.4) is 0 Å². The van der Waals surface area contributed by atoms with Crippen molar-refractivity contribution in [3.8, 4) is 0 Å². The number of esters is 1. The zero-order valence-electron chi connectivity index (χ0n) is 9.67. The van der Waals surface area contributed by atoms with Crippen LogP contribution in [0.15, 0.2) is 0 Å². The fourth-order valence-corrected chi connectivity index (χ4v) is 1.14. The van der Waals surface area contributed by atoms with E-state index in [0.717, 1.165) is 0 Å². The zero-order chi connectivity index (χ0) is 13.3. The second-order valence-electron chi connectivity index (χ2n) is 3.73. The van der Waals surface area contributed by atoms with Gasteiger partial charge in [0.05, 0.1) is 6.61 Å². The van der Waals surface area contributed by atoms with E-state index in [1.807, 2.05) is 0 Å². The number of rotatable bonds is 9. The van der Waals surface area contributed by atoms with Crippen molar-refractivity contribution in [3.63, 3.8) is 0 Å². The molecule has 6 N–H and O–H groups in total. The highest BCUT2D eigenvalue weighted by Gasteiger charge is 2.15. The van der Waals surface area contributed by atoms with Gasteiger partial charge in [0.15, 0.2) is 0 Å². The maximum absolute atomic E-state index is 11.3. The fourth-order valence-electron chi connectivity index (χ4n) is 1.14. The van der Waals surface area contributed by atoms with Crippen LogP contribution >= 0.6 is 0 Å². The lowest BCUT2D eigenvalue weighted by molar-refractivity contribution is -0.145. The van der Waals surface area contributed by atoms with Crippen molar-refractivity contribution in [1.82, 2.24) is 0 Å². The summed E-state index contributed by atoms with van der Waals surface area (Å²) in [6.45, 7) is 0.0844. The smallest absolute Gasteiger partial charge is 0.322 e. The number of carboxylic acid groups (broad SMARTS) is 1. The fraction of sp³-hybridized carbons (Fsp3) is 0.800. The molecule has 100 valence electrons. The summed E-state index contributed by atoms with van der Waals surface area (Å²) in [5.41, 5.74) is 10.8. The molecule has 0 saturated carbocycles. The highest BCUT2D eigenvalue weighted by Crippen LogP contribution is 1.99. The number of hydrogen-bond acceptors (Lipinski definition) is 6. The van der Waals surface area contributed by atoms with Crippen LogP contribution in [0.5, 0.6) is 0 Å². The Morgan fingerprint density at radius 2 is 1.71 bits per heavy atom. The second kappa shape index (κ2) is 8.91. The van der Waals surface area contributed by atoms with Gasteiger partial charge in [-0.3, -0.25) is 9.59 Å². The lowest BCUT2D eigenvalue weighted by Crippen LogP contribution is -2.33. The van der Waals surface area contributed by atoms with Crippen LogP contribution in [0.25, 0.3) is 0 Å². The van der Waals surface area contributed by atoms with Crippen LogP contribution in [-0.4, -0.2) is 47.4 Å². The topological polar surface area (TPSA) is 136 Å². The van der Waals surface area contributed by atoms with Gasteiger partial charge >= 0.3 is 11.9 Å². The summed E-state index contributed by atoms with van der Waals surface area (Å²) in [6, 6.07) is -1.67. The average molecular weight is 248 g/mol. The Labute approximate surface area is 99.7 Å². The molecular formula is C10H20N2O5. The minimum absolute atomic E-state index is 0.0194. The first-order valence-electron chi connectivity index (χ1n) is 5.50. The molecule has 0 aliphatic rings. The molecular weight excluding hydrogens is 228 g/mol. The van der Waals surface area contributed by atoms with Crippen molar-refractivity contribution in [1.29, 1.82) is 0 Å². The minimum Gasteiger partial charge on any atom is -0.480 e. The van der Waals surface area contributed by atoms with Crippen molar-refractivity contribution < 1.29 is 24.5 Å². The number of aliphatic carboxylic acids is 1. The molecule has 0 aromatic carbocycles. The summed E-state index contributed by atoms with van der Waals surface area (Å²) < 4.78 is 4.84. The largest absolute Gasteiger partial charge is 0.480 e. The average Bonchev–Trinajstić information content (AvgIpc) is 2.30. The molecule has 7 heteroatoms. The van der Waals surface area contributed by atoms with Crippen molar-refractivity contribution in [2.75, 3.05) is 13.2 Å². The van der Waals surface area contributed by atoms with Crippen LogP contribution in [0, 0.1) is 0 Å². The Morgan fingerprint density at radius 1 is 1.12 bits per heavy atom. The summed E-state index contributed by atoms with van der Waals surface area (Å²) in [5, 5.41) is 17.0. The van der Waals surface area contributed by atoms with E-state index in [1.54, 1.807) is 0 Å². The normalized spacial score (nSPS) is 14.1. The molecule has 7 nitrogen and oxygen atoms in total. The van der Waals surface area contributed by atoms with Crippen LogP contribution in [0.1, 0.15) is 25.7 Å². The third kappa shape index (κ3) is 7.67. The number of aliphatic hydroxyl groups is 1.